The average Bonchev–Trinajstić information content (AvgIpc) is 2.32. The summed E-state index contributed by atoms with van der Waals surface area (Å²) in [6.45, 7) is 0. The van der Waals surface area contributed by atoms with Crippen molar-refractivity contribution in [1.29, 1.82) is 0 Å². The fourth-order valence-electron chi connectivity index (χ4n) is 2.56. The molecule has 0 aliphatic heterocycles. The van der Waals surface area contributed by atoms with Crippen molar-refractivity contribution in [2.75, 3.05) is 0 Å². The van der Waals surface area contributed by atoms with Crippen LogP contribution in [-0.4, -0.2) is 5.78 Å². The molecular weight excluding hydrogens is 208 g/mol. The van der Waals surface area contributed by atoms with E-state index in [9.17, 15) is 4.79 Å². The first-order valence-electron chi connectivity index (χ1n) is 6.07. The van der Waals surface area contributed by atoms with Gasteiger partial charge in [-0.2, -0.15) is 0 Å². The molecule has 0 atom stereocenters. The Kier molecular flexibility index (Phi) is 2.52. The Bertz CT molecular complexity index is 644. The number of ketones is 1. The minimum absolute atomic E-state index is 0.290. The van der Waals surface area contributed by atoms with E-state index in [-0.39, 0.29) is 0 Å². The van der Waals surface area contributed by atoms with E-state index in [2.05, 4.69) is 24.3 Å². The van der Waals surface area contributed by atoms with Crippen LogP contribution in [0.3, 0.4) is 0 Å². The Balaban J connectivity index is 2.44. The summed E-state index contributed by atoms with van der Waals surface area (Å²) in [5.41, 5.74) is 2.13. The van der Waals surface area contributed by atoms with E-state index in [0.717, 1.165) is 28.9 Å². The molecule has 1 saturated carbocycles. The minimum Gasteiger partial charge on any atom is -0.294 e. The highest BCUT2D eigenvalue weighted by Crippen LogP contribution is 2.26. The van der Waals surface area contributed by atoms with E-state index in [1.54, 1.807) is 0 Å². The number of hydrogen-bond donors (Lipinski definition) is 0. The molecule has 1 aromatic rings. The maximum Gasteiger partial charge on any atom is 0.163 e. The van der Waals surface area contributed by atoms with Crippen molar-refractivity contribution in [2.45, 2.75) is 19.3 Å². The van der Waals surface area contributed by atoms with Crippen LogP contribution in [-0.2, 0) is 4.79 Å². The normalized spacial score (nSPS) is 28.6. The summed E-state index contributed by atoms with van der Waals surface area (Å²) in [5.74, 6) is 0.290. The summed E-state index contributed by atoms with van der Waals surface area (Å²) in [6.07, 6.45) is 10.9. The molecule has 0 aromatic heterocycles. The third-order valence-electron chi connectivity index (χ3n) is 3.36. The second kappa shape index (κ2) is 4.17. The van der Waals surface area contributed by atoms with Crippen molar-refractivity contribution in [3.63, 3.8) is 0 Å². The Hall–Kier alpha value is -1.89. The number of hydrogen-bond acceptors (Lipinski definition) is 1. The maximum absolute atomic E-state index is 12.1. The summed E-state index contributed by atoms with van der Waals surface area (Å²) in [4.78, 5) is 12.1. The zero-order valence-corrected chi connectivity index (χ0v) is 9.65. The molecule has 2 aliphatic carbocycles. The summed E-state index contributed by atoms with van der Waals surface area (Å²) < 4.78 is 0. The number of benzene rings is 1. The Morgan fingerprint density at radius 2 is 1.76 bits per heavy atom. The zero-order chi connectivity index (χ0) is 11.7. The van der Waals surface area contributed by atoms with Crippen molar-refractivity contribution in [3.05, 3.63) is 58.5 Å². The average molecular weight is 222 g/mol. The lowest BCUT2D eigenvalue weighted by atomic mass is 9.86. The Morgan fingerprint density at radius 1 is 0.941 bits per heavy atom. The topological polar surface area (TPSA) is 17.1 Å². The molecule has 17 heavy (non-hydrogen) atoms. The highest BCUT2D eigenvalue weighted by molar-refractivity contribution is 6.21. The van der Waals surface area contributed by atoms with Gasteiger partial charge >= 0.3 is 0 Å². The molecule has 1 fully saturated rings. The molecule has 0 bridgehead atoms. The monoisotopic (exact) mass is 222 g/mol. The number of Topliss-reactive ketones (excluding diaryl/α,β-unsaturated/α-hetero) is 1. The van der Waals surface area contributed by atoms with Crippen molar-refractivity contribution < 1.29 is 4.79 Å². The van der Waals surface area contributed by atoms with Gasteiger partial charge in [-0.1, -0.05) is 48.6 Å². The Morgan fingerprint density at radius 3 is 2.71 bits per heavy atom. The lowest BCUT2D eigenvalue weighted by Crippen LogP contribution is -2.31. The van der Waals surface area contributed by atoms with Gasteiger partial charge in [0.1, 0.15) is 0 Å². The molecular formula is C16H14O. The zero-order valence-electron chi connectivity index (χ0n) is 9.65. The number of carbonyl (C=O) groups is 1. The molecule has 0 saturated heterocycles. The quantitative estimate of drug-likeness (QED) is 0.655. The predicted molar refractivity (Wildman–Crippen MR) is 69.6 cm³/mol. The van der Waals surface area contributed by atoms with Crippen LogP contribution >= 0.6 is 0 Å². The third-order valence-corrected chi connectivity index (χ3v) is 3.36. The highest BCUT2D eigenvalue weighted by atomic mass is 16.1. The summed E-state index contributed by atoms with van der Waals surface area (Å²) in [5, 5.41) is 2.23. The fourth-order valence-corrected chi connectivity index (χ4v) is 2.56. The van der Waals surface area contributed by atoms with Crippen LogP contribution in [0.1, 0.15) is 19.3 Å². The molecule has 0 heterocycles. The molecule has 0 spiro atoms. The molecule has 0 unspecified atom stereocenters. The SMILES string of the molecule is O=C1CCC/C2=C/C=C\C=c3\cccc\c3=C/12. The van der Waals surface area contributed by atoms with Crippen molar-refractivity contribution in [3.8, 4) is 0 Å². The first-order chi connectivity index (χ1) is 8.36. The molecule has 3 rings (SSSR count). The summed E-state index contributed by atoms with van der Waals surface area (Å²) in [6, 6.07) is 8.14. The number of carbonyl (C=O) groups excluding carboxylic acids is 1. The van der Waals surface area contributed by atoms with Gasteiger partial charge in [0.2, 0.25) is 0 Å². The van der Waals surface area contributed by atoms with Gasteiger partial charge in [0, 0.05) is 12.0 Å². The van der Waals surface area contributed by atoms with Crippen LogP contribution in [0.25, 0.3) is 11.6 Å². The Labute approximate surface area is 100 Å². The molecule has 1 nitrogen and oxygen atoms in total. The minimum atomic E-state index is 0.290. The summed E-state index contributed by atoms with van der Waals surface area (Å²) >= 11 is 0. The van der Waals surface area contributed by atoms with Gasteiger partial charge in [0.15, 0.2) is 5.78 Å². The van der Waals surface area contributed by atoms with E-state index < -0.39 is 0 Å². The molecule has 1 aromatic carbocycles. The summed E-state index contributed by atoms with van der Waals surface area (Å²) in [7, 11) is 0. The van der Waals surface area contributed by atoms with E-state index in [0.29, 0.717) is 12.2 Å². The van der Waals surface area contributed by atoms with Gasteiger partial charge in [-0.05, 0) is 28.9 Å². The standard InChI is InChI=1S/C16H14O/c17-15-11-5-9-13-8-2-1-6-12-7-3-4-10-14(12)16(13)15/h1-4,6-8,10H,5,9,11H2/b2-1-,6-1?,8-2?,12-6-,13-8-,16-14+. The van der Waals surface area contributed by atoms with Gasteiger partial charge in [0.25, 0.3) is 0 Å². The van der Waals surface area contributed by atoms with E-state index in [4.69, 9.17) is 0 Å². The number of fused-ring (bicyclic) bond motifs is 2. The highest BCUT2D eigenvalue weighted by Gasteiger charge is 2.20. The van der Waals surface area contributed by atoms with Crippen molar-refractivity contribution in [1.82, 2.24) is 0 Å². The lowest BCUT2D eigenvalue weighted by molar-refractivity contribution is -0.114. The largest absolute Gasteiger partial charge is 0.294 e. The van der Waals surface area contributed by atoms with Crippen LogP contribution in [0.5, 0.6) is 0 Å². The van der Waals surface area contributed by atoms with Gasteiger partial charge < -0.3 is 0 Å². The van der Waals surface area contributed by atoms with E-state index >= 15 is 0 Å². The van der Waals surface area contributed by atoms with Gasteiger partial charge in [0.05, 0.1) is 0 Å². The molecule has 0 amide bonds. The predicted octanol–water partition coefficient (Wildman–Crippen LogP) is 1.87. The van der Waals surface area contributed by atoms with Crippen molar-refractivity contribution >= 4 is 17.4 Å². The molecule has 2 aliphatic rings. The van der Waals surface area contributed by atoms with Crippen LogP contribution < -0.4 is 10.4 Å². The van der Waals surface area contributed by atoms with Crippen LogP contribution in [0.2, 0.25) is 0 Å². The molecule has 1 heteroatoms. The first kappa shape index (κ1) is 10.3. The van der Waals surface area contributed by atoms with Gasteiger partial charge in [-0.25, -0.2) is 0 Å². The molecule has 0 N–H and O–H groups in total. The first-order valence-corrected chi connectivity index (χ1v) is 6.07. The molecule has 0 radical (unpaired) electrons. The van der Waals surface area contributed by atoms with Crippen LogP contribution in [0, 0.1) is 0 Å². The van der Waals surface area contributed by atoms with Gasteiger partial charge in [-0.15, -0.1) is 0 Å². The van der Waals surface area contributed by atoms with E-state index in [1.165, 1.54) is 5.57 Å². The van der Waals surface area contributed by atoms with Crippen molar-refractivity contribution in [2.24, 2.45) is 0 Å². The van der Waals surface area contributed by atoms with Crippen LogP contribution in [0.15, 0.2) is 48.1 Å². The smallest absolute Gasteiger partial charge is 0.163 e. The van der Waals surface area contributed by atoms with Gasteiger partial charge in [-0.3, -0.25) is 4.79 Å². The second-order valence-electron chi connectivity index (χ2n) is 4.48. The fraction of sp³-hybridized carbons (Fsp3) is 0.188. The molecule has 84 valence electrons. The van der Waals surface area contributed by atoms with Crippen LogP contribution in [0.4, 0.5) is 0 Å². The third kappa shape index (κ3) is 1.78. The van der Waals surface area contributed by atoms with E-state index in [1.807, 2.05) is 24.3 Å². The second-order valence-corrected chi connectivity index (χ2v) is 4.48. The number of allylic oxidation sites excluding steroid dienone is 4. The number of rotatable bonds is 0. The lowest BCUT2D eigenvalue weighted by Gasteiger charge is -2.17. The maximum atomic E-state index is 12.1.